The van der Waals surface area contributed by atoms with Gasteiger partial charge in [0.1, 0.15) is 5.01 Å². The summed E-state index contributed by atoms with van der Waals surface area (Å²) in [6.45, 7) is 10.4. The summed E-state index contributed by atoms with van der Waals surface area (Å²) in [6, 6.07) is 0. The van der Waals surface area contributed by atoms with E-state index in [-0.39, 0.29) is 0 Å². The molecule has 2 aliphatic rings. The lowest BCUT2D eigenvalue weighted by Crippen LogP contribution is -2.42. The van der Waals surface area contributed by atoms with Gasteiger partial charge in [-0.25, -0.2) is 4.98 Å². The molecule has 0 saturated carbocycles. The van der Waals surface area contributed by atoms with Crippen molar-refractivity contribution in [3.8, 4) is 0 Å². The van der Waals surface area contributed by atoms with Crippen LogP contribution in [0.2, 0.25) is 0 Å². The third kappa shape index (κ3) is 3.18. The number of aryl methyl sites for hydroxylation is 1. The topological polar surface area (TPSA) is 28.2 Å². The van der Waals surface area contributed by atoms with Crippen molar-refractivity contribution in [2.75, 3.05) is 26.2 Å². The second-order valence-corrected chi connectivity index (χ2v) is 7.42. The van der Waals surface area contributed by atoms with E-state index in [0.717, 1.165) is 31.5 Å². The first kappa shape index (κ1) is 13.5. The number of rotatable bonds is 3. The smallest absolute Gasteiger partial charge is 0.107 e. The fraction of sp³-hybridized carbons (Fsp3) is 0.800. The molecule has 1 fully saturated rings. The molecule has 0 aromatic carbocycles. The van der Waals surface area contributed by atoms with E-state index in [1.165, 1.54) is 43.1 Å². The molecule has 1 unspecified atom stereocenters. The summed E-state index contributed by atoms with van der Waals surface area (Å²) in [7, 11) is 0. The van der Waals surface area contributed by atoms with Crippen LogP contribution in [0.3, 0.4) is 0 Å². The Kier molecular flexibility index (Phi) is 4.20. The van der Waals surface area contributed by atoms with Crippen molar-refractivity contribution in [2.45, 2.75) is 39.7 Å². The predicted molar refractivity (Wildman–Crippen MR) is 80.6 cm³/mol. The summed E-state index contributed by atoms with van der Waals surface area (Å²) in [5.74, 6) is 1.69. The van der Waals surface area contributed by atoms with Crippen LogP contribution < -0.4 is 5.32 Å². The maximum absolute atomic E-state index is 4.90. The SMILES string of the molecule is CC(C)C1CCc2nc(CN3CCNCC3)sc2C1. The van der Waals surface area contributed by atoms with Crippen molar-refractivity contribution < 1.29 is 0 Å². The van der Waals surface area contributed by atoms with Crippen molar-refractivity contribution in [2.24, 2.45) is 11.8 Å². The molecule has 1 aliphatic carbocycles. The Morgan fingerprint density at radius 3 is 2.89 bits per heavy atom. The fourth-order valence-corrected chi connectivity index (χ4v) is 4.40. The molecule has 106 valence electrons. The average molecular weight is 279 g/mol. The van der Waals surface area contributed by atoms with Crippen molar-refractivity contribution in [3.63, 3.8) is 0 Å². The van der Waals surface area contributed by atoms with E-state index in [2.05, 4.69) is 24.1 Å². The van der Waals surface area contributed by atoms with Crippen LogP contribution in [0.5, 0.6) is 0 Å². The molecular formula is C15H25N3S. The number of nitrogens with one attached hydrogen (secondary N) is 1. The van der Waals surface area contributed by atoms with E-state index in [1.54, 1.807) is 4.88 Å². The second kappa shape index (κ2) is 5.90. The van der Waals surface area contributed by atoms with Crippen LogP contribution in [-0.4, -0.2) is 36.1 Å². The lowest BCUT2D eigenvalue weighted by atomic mass is 9.83. The normalized spacial score (nSPS) is 24.7. The molecule has 19 heavy (non-hydrogen) atoms. The standard InChI is InChI=1S/C15H25N3S/c1-11(2)12-3-4-13-14(9-12)19-15(17-13)10-18-7-5-16-6-8-18/h11-12,16H,3-10H2,1-2H3. The van der Waals surface area contributed by atoms with Gasteiger partial charge in [-0.2, -0.15) is 0 Å². The Morgan fingerprint density at radius 1 is 1.37 bits per heavy atom. The summed E-state index contributed by atoms with van der Waals surface area (Å²) in [6.07, 6.45) is 3.81. The van der Waals surface area contributed by atoms with E-state index < -0.39 is 0 Å². The van der Waals surface area contributed by atoms with Gasteiger partial charge >= 0.3 is 0 Å². The molecule has 0 amide bonds. The van der Waals surface area contributed by atoms with Gasteiger partial charge in [0, 0.05) is 31.1 Å². The van der Waals surface area contributed by atoms with E-state index in [1.807, 2.05) is 11.3 Å². The summed E-state index contributed by atoms with van der Waals surface area (Å²) in [5.41, 5.74) is 1.41. The third-order valence-corrected chi connectivity index (χ3v) is 5.64. The van der Waals surface area contributed by atoms with Gasteiger partial charge in [-0.1, -0.05) is 13.8 Å². The van der Waals surface area contributed by atoms with Crippen molar-refractivity contribution in [1.29, 1.82) is 0 Å². The van der Waals surface area contributed by atoms with Gasteiger partial charge in [-0.05, 0) is 31.1 Å². The first-order valence-corrected chi connectivity index (χ1v) is 8.44. The molecule has 4 heteroatoms. The minimum absolute atomic E-state index is 0.812. The van der Waals surface area contributed by atoms with Crippen LogP contribution in [-0.2, 0) is 19.4 Å². The van der Waals surface area contributed by atoms with Crippen LogP contribution >= 0.6 is 11.3 Å². The molecule has 0 radical (unpaired) electrons. The Balaban J connectivity index is 1.65. The molecule has 1 aromatic heterocycles. The van der Waals surface area contributed by atoms with Crippen LogP contribution in [0.15, 0.2) is 0 Å². The number of aromatic nitrogens is 1. The largest absolute Gasteiger partial charge is 0.314 e. The molecule has 1 N–H and O–H groups in total. The van der Waals surface area contributed by atoms with Crippen LogP contribution in [0, 0.1) is 11.8 Å². The maximum Gasteiger partial charge on any atom is 0.107 e. The summed E-state index contributed by atoms with van der Waals surface area (Å²) in [4.78, 5) is 9.00. The van der Waals surface area contributed by atoms with Crippen molar-refractivity contribution >= 4 is 11.3 Å². The van der Waals surface area contributed by atoms with E-state index in [0.29, 0.717) is 0 Å². The Hall–Kier alpha value is -0.450. The minimum atomic E-state index is 0.812. The van der Waals surface area contributed by atoms with Crippen molar-refractivity contribution in [3.05, 3.63) is 15.6 Å². The van der Waals surface area contributed by atoms with Crippen LogP contribution in [0.25, 0.3) is 0 Å². The summed E-state index contributed by atoms with van der Waals surface area (Å²) >= 11 is 1.98. The zero-order chi connectivity index (χ0) is 13.2. The van der Waals surface area contributed by atoms with Crippen LogP contribution in [0.1, 0.15) is 35.8 Å². The lowest BCUT2D eigenvalue weighted by Gasteiger charge is -2.26. The predicted octanol–water partition coefficient (Wildman–Crippen LogP) is 2.31. The highest BCUT2D eigenvalue weighted by Gasteiger charge is 2.25. The Labute approximate surface area is 120 Å². The zero-order valence-electron chi connectivity index (χ0n) is 12.1. The monoisotopic (exact) mass is 279 g/mol. The molecule has 1 saturated heterocycles. The molecule has 1 aromatic rings. The van der Waals surface area contributed by atoms with E-state index in [4.69, 9.17) is 4.98 Å². The lowest BCUT2D eigenvalue weighted by molar-refractivity contribution is 0.233. The van der Waals surface area contributed by atoms with Gasteiger partial charge in [0.2, 0.25) is 0 Å². The molecule has 2 heterocycles. The fourth-order valence-electron chi connectivity index (χ4n) is 3.15. The average Bonchev–Trinajstić information content (AvgIpc) is 2.80. The second-order valence-electron chi connectivity index (χ2n) is 6.25. The number of nitrogens with zero attached hydrogens (tertiary/aromatic N) is 2. The van der Waals surface area contributed by atoms with E-state index in [9.17, 15) is 0 Å². The molecule has 3 rings (SSSR count). The van der Waals surface area contributed by atoms with Crippen molar-refractivity contribution in [1.82, 2.24) is 15.2 Å². The first-order valence-electron chi connectivity index (χ1n) is 7.63. The number of thiazole rings is 1. The minimum Gasteiger partial charge on any atom is -0.314 e. The molecule has 0 bridgehead atoms. The highest BCUT2D eigenvalue weighted by atomic mass is 32.1. The van der Waals surface area contributed by atoms with Gasteiger partial charge in [-0.3, -0.25) is 4.90 Å². The van der Waals surface area contributed by atoms with Gasteiger partial charge in [0.05, 0.1) is 12.2 Å². The molecule has 1 atom stereocenters. The molecular weight excluding hydrogens is 254 g/mol. The van der Waals surface area contributed by atoms with Gasteiger partial charge < -0.3 is 5.32 Å². The number of hydrogen-bond donors (Lipinski definition) is 1. The summed E-state index contributed by atoms with van der Waals surface area (Å²) in [5, 5.41) is 4.75. The van der Waals surface area contributed by atoms with Gasteiger partial charge in [-0.15, -0.1) is 11.3 Å². The number of hydrogen-bond acceptors (Lipinski definition) is 4. The first-order chi connectivity index (χ1) is 9.22. The molecule has 0 spiro atoms. The quantitative estimate of drug-likeness (QED) is 0.920. The third-order valence-electron chi connectivity index (χ3n) is 4.53. The maximum atomic E-state index is 4.90. The summed E-state index contributed by atoms with van der Waals surface area (Å²) < 4.78 is 0. The Morgan fingerprint density at radius 2 is 2.16 bits per heavy atom. The zero-order valence-corrected chi connectivity index (χ0v) is 12.9. The Bertz CT molecular complexity index is 421. The molecule has 1 aliphatic heterocycles. The molecule has 3 nitrogen and oxygen atoms in total. The highest BCUT2D eigenvalue weighted by molar-refractivity contribution is 7.11. The van der Waals surface area contributed by atoms with E-state index >= 15 is 0 Å². The number of fused-ring (bicyclic) bond motifs is 1. The highest BCUT2D eigenvalue weighted by Crippen LogP contribution is 2.33. The van der Waals surface area contributed by atoms with Gasteiger partial charge in [0.25, 0.3) is 0 Å². The number of piperazine rings is 1. The van der Waals surface area contributed by atoms with Gasteiger partial charge in [0.15, 0.2) is 0 Å². The van der Waals surface area contributed by atoms with Crippen LogP contribution in [0.4, 0.5) is 0 Å².